The molecular formula is C11H12N2O4S. The van der Waals surface area contributed by atoms with Crippen LogP contribution in [0.2, 0.25) is 0 Å². The third kappa shape index (κ3) is 2.45. The molecule has 0 fully saturated rings. The van der Waals surface area contributed by atoms with Crippen LogP contribution in [-0.4, -0.2) is 27.8 Å². The average Bonchev–Trinajstić information content (AvgIpc) is 2.61. The lowest BCUT2D eigenvalue weighted by Gasteiger charge is -2.08. The highest BCUT2D eigenvalue weighted by Crippen LogP contribution is 2.26. The van der Waals surface area contributed by atoms with Crippen molar-refractivity contribution in [1.82, 2.24) is 0 Å². The molecule has 2 rings (SSSR count). The number of ether oxygens (including phenoxy) is 2. The van der Waals surface area contributed by atoms with Gasteiger partial charge in [0.1, 0.15) is 6.61 Å². The molecule has 0 amide bonds. The Hall–Kier alpha value is -2.02. The Balaban J connectivity index is 2.10. The van der Waals surface area contributed by atoms with Crippen LogP contribution in [0.3, 0.4) is 0 Å². The normalized spacial score (nSPS) is 16.9. The molecule has 0 aliphatic carbocycles. The molecule has 1 aliphatic heterocycles. The van der Waals surface area contributed by atoms with Crippen molar-refractivity contribution in [2.75, 3.05) is 13.7 Å². The van der Waals surface area contributed by atoms with Gasteiger partial charge in [-0.2, -0.15) is 12.8 Å². The first kappa shape index (κ1) is 12.4. The van der Waals surface area contributed by atoms with Gasteiger partial charge in [-0.15, -0.1) is 0 Å². The Kier molecular flexibility index (Phi) is 3.24. The first-order valence-corrected chi connectivity index (χ1v) is 6.54. The number of hydrogen-bond donors (Lipinski definition) is 1. The molecule has 0 radical (unpaired) electrons. The molecule has 96 valence electrons. The third-order valence-corrected chi connectivity index (χ3v) is 3.48. The van der Waals surface area contributed by atoms with Crippen molar-refractivity contribution in [3.8, 4) is 11.5 Å². The van der Waals surface area contributed by atoms with Crippen LogP contribution >= 0.6 is 0 Å². The van der Waals surface area contributed by atoms with Gasteiger partial charge in [0, 0.05) is 6.08 Å². The summed E-state index contributed by atoms with van der Waals surface area (Å²) in [7, 11) is -2.15. The van der Waals surface area contributed by atoms with Gasteiger partial charge in [0.2, 0.25) is 0 Å². The molecule has 0 aromatic heterocycles. The number of hydrogen-bond acceptors (Lipinski definition) is 5. The lowest BCUT2D eigenvalue weighted by atomic mass is 10.3. The Morgan fingerprint density at radius 1 is 1.28 bits per heavy atom. The molecule has 0 unspecified atom stereocenters. The van der Waals surface area contributed by atoms with Crippen LogP contribution < -0.4 is 15.2 Å². The van der Waals surface area contributed by atoms with Crippen molar-refractivity contribution in [3.63, 3.8) is 0 Å². The van der Waals surface area contributed by atoms with Gasteiger partial charge in [0.05, 0.1) is 12.8 Å². The first-order valence-electron chi connectivity index (χ1n) is 5.10. The second-order valence-corrected chi connectivity index (χ2v) is 5.15. The van der Waals surface area contributed by atoms with E-state index in [0.29, 0.717) is 11.5 Å². The van der Waals surface area contributed by atoms with Gasteiger partial charge in [0.15, 0.2) is 16.5 Å². The van der Waals surface area contributed by atoms with E-state index in [4.69, 9.17) is 15.2 Å². The molecule has 18 heavy (non-hydrogen) atoms. The number of para-hydroxylation sites is 2. The molecule has 0 bridgehead atoms. The van der Waals surface area contributed by atoms with Crippen LogP contribution in [-0.2, 0) is 10.0 Å². The minimum atomic E-state index is -3.68. The van der Waals surface area contributed by atoms with Crippen molar-refractivity contribution in [1.29, 1.82) is 0 Å². The molecule has 6 nitrogen and oxygen atoms in total. The molecule has 0 atom stereocenters. The molecule has 2 N–H and O–H groups in total. The molecule has 1 aromatic carbocycles. The molecule has 1 heterocycles. The summed E-state index contributed by atoms with van der Waals surface area (Å²) in [6, 6.07) is 7.05. The fourth-order valence-electron chi connectivity index (χ4n) is 1.43. The number of benzene rings is 1. The molecular weight excluding hydrogens is 256 g/mol. The molecule has 1 aromatic rings. The Labute approximate surface area is 105 Å². The Morgan fingerprint density at radius 3 is 2.50 bits per heavy atom. The quantitative estimate of drug-likeness (QED) is 0.866. The predicted molar refractivity (Wildman–Crippen MR) is 67.1 cm³/mol. The van der Waals surface area contributed by atoms with Gasteiger partial charge in [-0.05, 0) is 12.1 Å². The summed E-state index contributed by atoms with van der Waals surface area (Å²) in [5, 5.41) is -0.263. The second-order valence-electron chi connectivity index (χ2n) is 3.54. The van der Waals surface area contributed by atoms with E-state index in [-0.39, 0.29) is 17.3 Å². The van der Waals surface area contributed by atoms with Crippen molar-refractivity contribution in [3.05, 3.63) is 35.4 Å². The smallest absolute Gasteiger partial charge is 0.297 e. The summed E-state index contributed by atoms with van der Waals surface area (Å²) < 4.78 is 36.5. The van der Waals surface area contributed by atoms with Crippen molar-refractivity contribution >= 4 is 15.7 Å². The number of nitrogens with two attached hydrogens (primary N) is 1. The van der Waals surface area contributed by atoms with Gasteiger partial charge in [-0.1, -0.05) is 12.1 Å². The van der Waals surface area contributed by atoms with Gasteiger partial charge in [-0.3, -0.25) is 0 Å². The van der Waals surface area contributed by atoms with Gasteiger partial charge in [-0.25, -0.2) is 0 Å². The molecule has 1 aliphatic rings. The highest BCUT2D eigenvalue weighted by atomic mass is 32.2. The Bertz CT molecular complexity index is 620. The fourth-order valence-corrected chi connectivity index (χ4v) is 2.23. The monoisotopic (exact) mass is 268 g/mol. The topological polar surface area (TPSA) is 91.0 Å². The first-order chi connectivity index (χ1) is 8.53. The van der Waals surface area contributed by atoms with E-state index in [2.05, 4.69) is 4.40 Å². The molecule has 0 spiro atoms. The number of nitrogens with zero attached hydrogens (tertiary/aromatic N) is 1. The van der Waals surface area contributed by atoms with Crippen LogP contribution in [0, 0.1) is 0 Å². The highest BCUT2D eigenvalue weighted by Gasteiger charge is 2.21. The van der Waals surface area contributed by atoms with E-state index in [1.165, 1.54) is 13.2 Å². The summed E-state index contributed by atoms with van der Waals surface area (Å²) in [5.41, 5.74) is 5.57. The summed E-state index contributed by atoms with van der Waals surface area (Å²) in [5.74, 6) is 1.08. The summed E-state index contributed by atoms with van der Waals surface area (Å²) >= 11 is 0. The van der Waals surface area contributed by atoms with E-state index in [0.717, 1.165) is 0 Å². The summed E-state index contributed by atoms with van der Waals surface area (Å²) in [4.78, 5) is 0. The number of sulfonamides is 1. The molecule has 0 saturated carbocycles. The maximum Gasteiger partial charge on any atom is 0.297 e. The van der Waals surface area contributed by atoms with Crippen molar-refractivity contribution < 1.29 is 17.9 Å². The average molecular weight is 268 g/mol. The minimum absolute atomic E-state index is 0.0142. The highest BCUT2D eigenvalue weighted by molar-refractivity contribution is 7.94. The van der Waals surface area contributed by atoms with Crippen LogP contribution in [0.15, 0.2) is 39.8 Å². The zero-order chi connectivity index (χ0) is 13.2. The summed E-state index contributed by atoms with van der Waals surface area (Å²) in [6.07, 6.45) is 1.28. The van der Waals surface area contributed by atoms with E-state index in [1.807, 2.05) is 0 Å². The molecule has 0 saturated heterocycles. The number of methoxy groups -OCH3 is 1. The maximum atomic E-state index is 11.2. The SMILES string of the molecule is COc1ccccc1OCC1=NS(=O)(=O)C(N)=C1. The number of rotatable bonds is 4. The van der Waals surface area contributed by atoms with E-state index in [1.54, 1.807) is 24.3 Å². The van der Waals surface area contributed by atoms with Crippen molar-refractivity contribution in [2.45, 2.75) is 0 Å². The van der Waals surface area contributed by atoms with Gasteiger partial charge < -0.3 is 15.2 Å². The zero-order valence-corrected chi connectivity index (χ0v) is 10.5. The summed E-state index contributed by atoms with van der Waals surface area (Å²) in [6.45, 7) is 0.0142. The Morgan fingerprint density at radius 2 is 1.94 bits per heavy atom. The van der Waals surface area contributed by atoms with Crippen molar-refractivity contribution in [2.24, 2.45) is 10.1 Å². The van der Waals surface area contributed by atoms with E-state index >= 15 is 0 Å². The predicted octanol–water partition coefficient (Wildman–Crippen LogP) is 0.659. The van der Waals surface area contributed by atoms with E-state index in [9.17, 15) is 8.42 Å². The lowest BCUT2D eigenvalue weighted by Crippen LogP contribution is -2.08. The fraction of sp³-hybridized carbons (Fsp3) is 0.182. The van der Waals surface area contributed by atoms with Gasteiger partial charge in [0.25, 0.3) is 10.0 Å². The van der Waals surface area contributed by atoms with Crippen LogP contribution in [0.25, 0.3) is 0 Å². The minimum Gasteiger partial charge on any atom is -0.493 e. The lowest BCUT2D eigenvalue weighted by molar-refractivity contribution is 0.335. The largest absolute Gasteiger partial charge is 0.493 e. The van der Waals surface area contributed by atoms with Crippen LogP contribution in [0.1, 0.15) is 0 Å². The van der Waals surface area contributed by atoms with Crippen LogP contribution in [0.5, 0.6) is 11.5 Å². The second kappa shape index (κ2) is 4.69. The molecule has 7 heteroatoms. The zero-order valence-electron chi connectivity index (χ0n) is 9.66. The van der Waals surface area contributed by atoms with Crippen LogP contribution in [0.4, 0.5) is 0 Å². The maximum absolute atomic E-state index is 11.2. The van der Waals surface area contributed by atoms with E-state index < -0.39 is 10.0 Å². The standard InChI is InChI=1S/C11H12N2O4S/c1-16-9-4-2-3-5-10(9)17-7-8-6-11(12)18(14,15)13-8/h2-6H,7,12H2,1H3. The third-order valence-electron chi connectivity index (χ3n) is 2.29. The van der Waals surface area contributed by atoms with Gasteiger partial charge >= 0.3 is 0 Å².